The Morgan fingerprint density at radius 3 is 2.55 bits per heavy atom. The number of hydrogen-bond acceptors (Lipinski definition) is 1. The molecule has 1 nitrogen and oxygen atoms in total. The lowest BCUT2D eigenvalue weighted by Crippen LogP contribution is -2.32. The molecule has 0 N–H and O–H groups in total. The van der Waals surface area contributed by atoms with Crippen molar-refractivity contribution in [3.8, 4) is 0 Å². The molecule has 0 unspecified atom stereocenters. The summed E-state index contributed by atoms with van der Waals surface area (Å²) >= 11 is 5.95. The highest BCUT2D eigenvalue weighted by molar-refractivity contribution is 6.30. The van der Waals surface area contributed by atoms with E-state index in [1.807, 2.05) is 12.1 Å². The Morgan fingerprint density at radius 2 is 1.85 bits per heavy atom. The van der Waals surface area contributed by atoms with E-state index in [9.17, 15) is 0 Å². The van der Waals surface area contributed by atoms with E-state index in [0.29, 0.717) is 5.41 Å². The van der Waals surface area contributed by atoms with Crippen molar-refractivity contribution in [1.29, 1.82) is 0 Å². The first-order valence-electron chi connectivity index (χ1n) is 8.15. The second-order valence-electron chi connectivity index (χ2n) is 6.96. The van der Waals surface area contributed by atoms with Gasteiger partial charge in [0.05, 0.1) is 0 Å². The molecule has 1 spiro atoms. The summed E-state index contributed by atoms with van der Waals surface area (Å²) in [6.07, 6.45) is 9.88. The van der Waals surface area contributed by atoms with Gasteiger partial charge in [-0.3, -0.25) is 4.90 Å². The van der Waals surface area contributed by atoms with Crippen molar-refractivity contribution in [2.75, 3.05) is 13.1 Å². The molecule has 2 aliphatic rings. The first kappa shape index (κ1) is 14.4. The van der Waals surface area contributed by atoms with Gasteiger partial charge in [0.2, 0.25) is 0 Å². The Hall–Kier alpha value is -0.530. The van der Waals surface area contributed by atoms with Crippen LogP contribution in [0.25, 0.3) is 0 Å². The van der Waals surface area contributed by atoms with Crippen molar-refractivity contribution in [2.24, 2.45) is 5.41 Å². The van der Waals surface area contributed by atoms with Gasteiger partial charge in [-0.2, -0.15) is 0 Å². The van der Waals surface area contributed by atoms with E-state index in [-0.39, 0.29) is 0 Å². The Bertz CT molecular complexity index is 433. The Labute approximate surface area is 128 Å². The lowest BCUT2D eigenvalue weighted by atomic mass is 9.73. The van der Waals surface area contributed by atoms with Gasteiger partial charge in [-0.05, 0) is 55.7 Å². The minimum atomic E-state index is 0.664. The molecular weight excluding hydrogens is 266 g/mol. The van der Waals surface area contributed by atoms with E-state index in [1.54, 1.807) is 0 Å². The van der Waals surface area contributed by atoms with Crippen molar-refractivity contribution in [2.45, 2.75) is 57.9 Å². The summed E-state index contributed by atoms with van der Waals surface area (Å²) < 4.78 is 0. The summed E-state index contributed by atoms with van der Waals surface area (Å²) in [6.45, 7) is 4.96. The molecule has 2 fully saturated rings. The third-order valence-corrected chi connectivity index (χ3v) is 5.66. The highest BCUT2D eigenvalue weighted by Gasteiger charge is 2.42. The largest absolute Gasteiger partial charge is 0.300 e. The highest BCUT2D eigenvalue weighted by Crippen LogP contribution is 2.46. The van der Waals surface area contributed by atoms with E-state index in [0.717, 1.165) is 17.5 Å². The van der Waals surface area contributed by atoms with E-state index in [2.05, 4.69) is 24.0 Å². The van der Waals surface area contributed by atoms with Gasteiger partial charge in [0.25, 0.3) is 0 Å². The van der Waals surface area contributed by atoms with Crippen LogP contribution in [0.2, 0.25) is 5.02 Å². The lowest BCUT2D eigenvalue weighted by Gasteiger charge is -2.33. The Kier molecular flexibility index (Phi) is 4.37. The van der Waals surface area contributed by atoms with Crippen LogP contribution in [0.1, 0.15) is 51.0 Å². The summed E-state index contributed by atoms with van der Waals surface area (Å²) in [5.74, 6) is 0. The molecule has 0 aromatic heterocycles. The van der Waals surface area contributed by atoms with Gasteiger partial charge in [0, 0.05) is 24.2 Å². The van der Waals surface area contributed by atoms with Gasteiger partial charge >= 0.3 is 0 Å². The molecule has 3 rings (SSSR count). The SMILES string of the molecule is C[C@H]1CC2(CCCCC2)CN1CCc1ccc(Cl)cc1. The standard InChI is InChI=1S/C18H26ClN/c1-15-13-18(10-3-2-4-11-18)14-20(15)12-9-16-5-7-17(19)8-6-16/h5-8,15H,2-4,9-14H2,1H3/t15-/m0/s1. The molecule has 2 heteroatoms. The molecule has 1 aliphatic carbocycles. The molecule has 0 amide bonds. The average Bonchev–Trinajstić information content (AvgIpc) is 2.75. The molecule has 0 bridgehead atoms. The maximum absolute atomic E-state index is 5.95. The minimum absolute atomic E-state index is 0.664. The Balaban J connectivity index is 1.56. The maximum Gasteiger partial charge on any atom is 0.0406 e. The molecule has 1 aliphatic heterocycles. The molecular formula is C18H26ClN. The van der Waals surface area contributed by atoms with Gasteiger partial charge < -0.3 is 0 Å². The van der Waals surface area contributed by atoms with Crippen LogP contribution in [0.5, 0.6) is 0 Å². The third kappa shape index (κ3) is 3.20. The zero-order valence-electron chi connectivity index (χ0n) is 12.6. The van der Waals surface area contributed by atoms with E-state index in [1.165, 1.54) is 57.2 Å². The van der Waals surface area contributed by atoms with Gasteiger partial charge in [-0.1, -0.05) is 43.0 Å². The number of rotatable bonds is 3. The normalized spacial score (nSPS) is 26.2. The summed E-state index contributed by atoms with van der Waals surface area (Å²) in [6, 6.07) is 9.11. The molecule has 110 valence electrons. The monoisotopic (exact) mass is 291 g/mol. The molecule has 1 saturated carbocycles. The number of halogens is 1. The molecule has 1 aromatic rings. The van der Waals surface area contributed by atoms with Crippen molar-refractivity contribution in [3.63, 3.8) is 0 Å². The van der Waals surface area contributed by atoms with Crippen LogP contribution in [0.15, 0.2) is 24.3 Å². The van der Waals surface area contributed by atoms with Crippen molar-refractivity contribution >= 4 is 11.6 Å². The molecule has 1 saturated heterocycles. The lowest BCUT2D eigenvalue weighted by molar-refractivity contribution is 0.185. The topological polar surface area (TPSA) is 3.24 Å². The first-order valence-corrected chi connectivity index (χ1v) is 8.53. The maximum atomic E-state index is 5.95. The smallest absolute Gasteiger partial charge is 0.0406 e. The fourth-order valence-corrected chi connectivity index (χ4v) is 4.42. The Morgan fingerprint density at radius 1 is 1.15 bits per heavy atom. The van der Waals surface area contributed by atoms with Crippen molar-refractivity contribution in [3.05, 3.63) is 34.9 Å². The minimum Gasteiger partial charge on any atom is -0.300 e. The molecule has 0 radical (unpaired) electrons. The summed E-state index contributed by atoms with van der Waals surface area (Å²) in [4.78, 5) is 2.72. The zero-order valence-corrected chi connectivity index (χ0v) is 13.3. The first-order chi connectivity index (χ1) is 9.67. The molecule has 1 heterocycles. The van der Waals surface area contributed by atoms with Crippen LogP contribution in [0.3, 0.4) is 0 Å². The average molecular weight is 292 g/mol. The fourth-order valence-electron chi connectivity index (χ4n) is 4.29. The third-order valence-electron chi connectivity index (χ3n) is 5.41. The van der Waals surface area contributed by atoms with Gasteiger partial charge in [0.1, 0.15) is 0 Å². The van der Waals surface area contributed by atoms with Gasteiger partial charge in [-0.15, -0.1) is 0 Å². The number of hydrogen-bond donors (Lipinski definition) is 0. The van der Waals surface area contributed by atoms with Crippen LogP contribution in [0, 0.1) is 5.41 Å². The molecule has 20 heavy (non-hydrogen) atoms. The van der Waals surface area contributed by atoms with Gasteiger partial charge in [-0.25, -0.2) is 0 Å². The van der Waals surface area contributed by atoms with Crippen molar-refractivity contribution in [1.82, 2.24) is 4.90 Å². The highest BCUT2D eigenvalue weighted by atomic mass is 35.5. The van der Waals surface area contributed by atoms with E-state index >= 15 is 0 Å². The van der Waals surface area contributed by atoms with Gasteiger partial charge in [0.15, 0.2) is 0 Å². The summed E-state index contributed by atoms with van der Waals surface area (Å²) in [5, 5.41) is 0.837. The number of likely N-dealkylation sites (tertiary alicyclic amines) is 1. The number of nitrogens with zero attached hydrogens (tertiary/aromatic N) is 1. The molecule has 1 aromatic carbocycles. The van der Waals surface area contributed by atoms with Crippen molar-refractivity contribution < 1.29 is 0 Å². The second kappa shape index (κ2) is 6.07. The molecule has 1 atom stereocenters. The second-order valence-corrected chi connectivity index (χ2v) is 7.40. The van der Waals surface area contributed by atoms with Crippen LogP contribution < -0.4 is 0 Å². The fraction of sp³-hybridized carbons (Fsp3) is 0.667. The summed E-state index contributed by atoms with van der Waals surface area (Å²) in [5.41, 5.74) is 2.07. The van der Waals surface area contributed by atoms with Crippen LogP contribution in [-0.4, -0.2) is 24.0 Å². The van der Waals surface area contributed by atoms with Crippen LogP contribution >= 0.6 is 11.6 Å². The predicted octanol–water partition coefficient (Wildman–Crippen LogP) is 4.93. The predicted molar refractivity (Wildman–Crippen MR) is 86.3 cm³/mol. The summed E-state index contributed by atoms with van der Waals surface area (Å²) in [7, 11) is 0. The van der Waals surface area contributed by atoms with Crippen LogP contribution in [0.4, 0.5) is 0 Å². The van der Waals surface area contributed by atoms with E-state index in [4.69, 9.17) is 11.6 Å². The number of benzene rings is 1. The van der Waals surface area contributed by atoms with Crippen LogP contribution in [-0.2, 0) is 6.42 Å². The quantitative estimate of drug-likeness (QED) is 0.763. The van der Waals surface area contributed by atoms with E-state index < -0.39 is 0 Å². The zero-order chi connectivity index (χ0) is 14.0.